The average molecular weight is 294 g/mol. The molecular formula is C16H26O3Si. The molecular weight excluding hydrogens is 268 g/mol. The normalized spacial score (nSPS) is 13.0. The maximum absolute atomic E-state index is 6.04. The van der Waals surface area contributed by atoms with Crippen LogP contribution in [0.2, 0.25) is 18.1 Å². The summed E-state index contributed by atoms with van der Waals surface area (Å²) in [6.45, 7) is 11.4. The predicted molar refractivity (Wildman–Crippen MR) is 84.6 cm³/mol. The third-order valence-corrected chi connectivity index (χ3v) is 7.96. The van der Waals surface area contributed by atoms with E-state index in [1.165, 1.54) is 0 Å². The van der Waals surface area contributed by atoms with Gasteiger partial charge in [-0.1, -0.05) is 51.1 Å². The standard InChI is InChI=1S/C16H26O3Si/c1-16(2,3)20(5,6)19-15(17-4)13-18-12-14-10-8-7-9-11-14/h7-11,13H,12H2,1-6H3/b15-13+. The van der Waals surface area contributed by atoms with E-state index >= 15 is 0 Å². The van der Waals surface area contributed by atoms with Crippen molar-refractivity contribution < 1.29 is 13.9 Å². The molecule has 0 spiro atoms. The first-order chi connectivity index (χ1) is 9.26. The van der Waals surface area contributed by atoms with Gasteiger partial charge < -0.3 is 13.9 Å². The molecule has 4 heteroatoms. The zero-order valence-corrected chi connectivity index (χ0v) is 14.4. The van der Waals surface area contributed by atoms with E-state index in [1.807, 2.05) is 30.3 Å². The van der Waals surface area contributed by atoms with Crippen LogP contribution in [-0.4, -0.2) is 15.4 Å². The second-order valence-electron chi connectivity index (χ2n) is 6.30. The van der Waals surface area contributed by atoms with E-state index in [0.717, 1.165) is 5.56 Å². The Kier molecular flexibility index (Phi) is 5.69. The van der Waals surface area contributed by atoms with E-state index in [-0.39, 0.29) is 5.04 Å². The number of hydrogen-bond acceptors (Lipinski definition) is 3. The molecule has 1 rings (SSSR count). The zero-order chi connectivity index (χ0) is 15.2. The Morgan fingerprint density at radius 2 is 1.75 bits per heavy atom. The highest BCUT2D eigenvalue weighted by Crippen LogP contribution is 2.37. The third kappa shape index (κ3) is 4.93. The van der Waals surface area contributed by atoms with E-state index in [1.54, 1.807) is 13.4 Å². The Labute approximate surface area is 123 Å². The summed E-state index contributed by atoms with van der Waals surface area (Å²) in [5.74, 6) is 0.451. The van der Waals surface area contributed by atoms with Gasteiger partial charge in [0.1, 0.15) is 6.61 Å². The van der Waals surface area contributed by atoms with Crippen LogP contribution < -0.4 is 0 Å². The third-order valence-electron chi connectivity index (χ3n) is 3.64. The lowest BCUT2D eigenvalue weighted by Crippen LogP contribution is -2.40. The van der Waals surface area contributed by atoms with Gasteiger partial charge in [0.05, 0.1) is 7.11 Å². The number of methoxy groups -OCH3 is 1. The lowest BCUT2D eigenvalue weighted by molar-refractivity contribution is 0.109. The summed E-state index contributed by atoms with van der Waals surface area (Å²) in [6.07, 6.45) is 1.56. The highest BCUT2D eigenvalue weighted by molar-refractivity contribution is 6.74. The fraction of sp³-hybridized carbons (Fsp3) is 0.500. The van der Waals surface area contributed by atoms with E-state index in [4.69, 9.17) is 13.9 Å². The summed E-state index contributed by atoms with van der Waals surface area (Å²) < 4.78 is 16.9. The molecule has 0 aliphatic rings. The Hall–Kier alpha value is -1.42. The van der Waals surface area contributed by atoms with Crippen molar-refractivity contribution in [1.29, 1.82) is 0 Å². The minimum absolute atomic E-state index is 0.129. The van der Waals surface area contributed by atoms with Crippen molar-refractivity contribution in [3.05, 3.63) is 48.1 Å². The van der Waals surface area contributed by atoms with Crippen molar-refractivity contribution in [3.63, 3.8) is 0 Å². The molecule has 0 unspecified atom stereocenters. The summed E-state index contributed by atoms with van der Waals surface area (Å²) in [7, 11) is -0.289. The molecule has 0 aliphatic heterocycles. The molecule has 112 valence electrons. The molecule has 0 saturated heterocycles. The first-order valence-corrected chi connectivity index (χ1v) is 9.76. The summed E-state index contributed by atoms with van der Waals surface area (Å²) in [4.78, 5) is 0. The first kappa shape index (κ1) is 16.6. The minimum atomic E-state index is -1.89. The topological polar surface area (TPSA) is 27.7 Å². The molecule has 0 radical (unpaired) electrons. The molecule has 20 heavy (non-hydrogen) atoms. The minimum Gasteiger partial charge on any atom is -0.517 e. The lowest BCUT2D eigenvalue weighted by Gasteiger charge is -2.36. The van der Waals surface area contributed by atoms with Gasteiger partial charge in [-0.3, -0.25) is 0 Å². The first-order valence-electron chi connectivity index (χ1n) is 6.85. The molecule has 0 aromatic heterocycles. The Balaban J connectivity index is 2.60. The smallest absolute Gasteiger partial charge is 0.301 e. The SMILES string of the molecule is CO/C(=C\OCc1ccccc1)O[Si](C)(C)C(C)(C)C. The summed E-state index contributed by atoms with van der Waals surface area (Å²) >= 11 is 0. The van der Waals surface area contributed by atoms with E-state index in [2.05, 4.69) is 33.9 Å². The Morgan fingerprint density at radius 1 is 1.15 bits per heavy atom. The van der Waals surface area contributed by atoms with Gasteiger partial charge in [-0.2, -0.15) is 0 Å². The maximum Gasteiger partial charge on any atom is 0.301 e. The van der Waals surface area contributed by atoms with E-state index < -0.39 is 8.32 Å². The van der Waals surface area contributed by atoms with Crippen LogP contribution in [0.5, 0.6) is 0 Å². The highest BCUT2D eigenvalue weighted by atomic mass is 28.4. The highest BCUT2D eigenvalue weighted by Gasteiger charge is 2.39. The molecule has 0 atom stereocenters. The molecule has 0 N–H and O–H groups in total. The molecule has 1 aromatic rings. The van der Waals surface area contributed by atoms with Crippen molar-refractivity contribution in [1.82, 2.24) is 0 Å². The zero-order valence-electron chi connectivity index (χ0n) is 13.4. The van der Waals surface area contributed by atoms with Gasteiger partial charge in [0.2, 0.25) is 0 Å². The van der Waals surface area contributed by atoms with Crippen LogP contribution in [0.15, 0.2) is 42.5 Å². The van der Waals surface area contributed by atoms with Crippen LogP contribution in [0, 0.1) is 0 Å². The van der Waals surface area contributed by atoms with Gasteiger partial charge in [-0.15, -0.1) is 0 Å². The van der Waals surface area contributed by atoms with Crippen LogP contribution in [0.25, 0.3) is 0 Å². The largest absolute Gasteiger partial charge is 0.517 e. The van der Waals surface area contributed by atoms with E-state index in [0.29, 0.717) is 12.6 Å². The number of benzene rings is 1. The van der Waals surface area contributed by atoms with Crippen LogP contribution in [0.3, 0.4) is 0 Å². The fourth-order valence-corrected chi connectivity index (χ4v) is 2.24. The molecule has 0 bridgehead atoms. The molecule has 1 aromatic carbocycles. The molecule has 0 heterocycles. The Bertz CT molecular complexity index is 433. The number of ether oxygens (including phenoxy) is 2. The monoisotopic (exact) mass is 294 g/mol. The van der Waals surface area contributed by atoms with Gasteiger partial charge in [0.25, 0.3) is 8.32 Å². The summed E-state index contributed by atoms with van der Waals surface area (Å²) in [6, 6.07) is 10.0. The average Bonchev–Trinajstić information content (AvgIpc) is 2.37. The second-order valence-corrected chi connectivity index (χ2v) is 11.0. The lowest BCUT2D eigenvalue weighted by atomic mass is 10.2. The fourth-order valence-electron chi connectivity index (χ4n) is 1.30. The van der Waals surface area contributed by atoms with Gasteiger partial charge >= 0.3 is 5.95 Å². The van der Waals surface area contributed by atoms with Crippen LogP contribution >= 0.6 is 0 Å². The molecule has 3 nitrogen and oxygen atoms in total. The van der Waals surface area contributed by atoms with E-state index in [9.17, 15) is 0 Å². The van der Waals surface area contributed by atoms with Crippen LogP contribution in [-0.2, 0) is 20.5 Å². The van der Waals surface area contributed by atoms with Gasteiger partial charge in [0, 0.05) is 0 Å². The molecule has 0 amide bonds. The molecule has 0 aliphatic carbocycles. The van der Waals surface area contributed by atoms with Gasteiger partial charge in [-0.05, 0) is 23.7 Å². The van der Waals surface area contributed by atoms with Crippen molar-refractivity contribution in [2.45, 2.75) is 45.5 Å². The quantitative estimate of drug-likeness (QED) is 0.563. The molecule has 0 fully saturated rings. The predicted octanol–water partition coefficient (Wildman–Crippen LogP) is 4.67. The van der Waals surface area contributed by atoms with Crippen molar-refractivity contribution in [2.24, 2.45) is 0 Å². The summed E-state index contributed by atoms with van der Waals surface area (Å²) in [5, 5.41) is 0.129. The maximum atomic E-state index is 6.04. The van der Waals surface area contributed by atoms with Gasteiger partial charge in [0.15, 0.2) is 6.26 Å². The number of hydrogen-bond donors (Lipinski definition) is 0. The number of rotatable bonds is 6. The molecule has 0 saturated carbocycles. The van der Waals surface area contributed by atoms with Crippen LogP contribution in [0.1, 0.15) is 26.3 Å². The van der Waals surface area contributed by atoms with Crippen molar-refractivity contribution in [3.8, 4) is 0 Å². The summed E-state index contributed by atoms with van der Waals surface area (Å²) in [5.41, 5.74) is 1.12. The van der Waals surface area contributed by atoms with Gasteiger partial charge in [-0.25, -0.2) is 0 Å². The second kappa shape index (κ2) is 6.84. The van der Waals surface area contributed by atoms with Crippen molar-refractivity contribution in [2.75, 3.05) is 7.11 Å². The van der Waals surface area contributed by atoms with Crippen LogP contribution in [0.4, 0.5) is 0 Å². The van der Waals surface area contributed by atoms with Crippen molar-refractivity contribution >= 4 is 8.32 Å². The Morgan fingerprint density at radius 3 is 2.25 bits per heavy atom.